The molecular formula is C17H15N3O3. The zero-order valence-corrected chi connectivity index (χ0v) is 12.5. The number of aromatic nitrogens is 2. The van der Waals surface area contributed by atoms with E-state index in [2.05, 4.69) is 5.10 Å². The highest BCUT2D eigenvalue weighted by Crippen LogP contribution is 2.15. The molecule has 23 heavy (non-hydrogen) atoms. The average molecular weight is 309 g/mol. The minimum atomic E-state index is -0.829. The normalized spacial score (nSPS) is 10.7. The van der Waals surface area contributed by atoms with Crippen molar-refractivity contribution in [3.8, 4) is 5.75 Å². The van der Waals surface area contributed by atoms with Gasteiger partial charge in [0.25, 0.3) is 5.91 Å². The van der Waals surface area contributed by atoms with E-state index in [4.69, 9.17) is 10.5 Å². The van der Waals surface area contributed by atoms with Crippen molar-refractivity contribution in [3.05, 3.63) is 70.0 Å². The van der Waals surface area contributed by atoms with Gasteiger partial charge >= 0.3 is 0 Å². The van der Waals surface area contributed by atoms with E-state index in [0.29, 0.717) is 17.4 Å². The van der Waals surface area contributed by atoms with Crippen molar-refractivity contribution >= 4 is 16.8 Å². The maximum atomic E-state index is 12.3. The molecule has 0 radical (unpaired) electrons. The molecule has 3 aromatic rings. The number of fused-ring (bicyclic) bond motifs is 1. The van der Waals surface area contributed by atoms with Gasteiger partial charge in [0.1, 0.15) is 5.75 Å². The predicted octanol–water partition coefficient (Wildman–Crippen LogP) is 1.55. The Kier molecular flexibility index (Phi) is 3.80. The van der Waals surface area contributed by atoms with Gasteiger partial charge in [0.15, 0.2) is 5.69 Å². The third kappa shape index (κ3) is 2.78. The van der Waals surface area contributed by atoms with Crippen LogP contribution in [0.4, 0.5) is 0 Å². The summed E-state index contributed by atoms with van der Waals surface area (Å²) in [5.74, 6) is -0.0754. The van der Waals surface area contributed by atoms with Crippen LogP contribution in [0, 0.1) is 0 Å². The van der Waals surface area contributed by atoms with Gasteiger partial charge in [-0.3, -0.25) is 14.3 Å². The van der Waals surface area contributed by atoms with Crippen molar-refractivity contribution in [2.75, 3.05) is 7.11 Å². The highest BCUT2D eigenvalue weighted by molar-refractivity contribution is 5.94. The molecule has 0 aliphatic heterocycles. The van der Waals surface area contributed by atoms with E-state index in [1.54, 1.807) is 30.0 Å². The van der Waals surface area contributed by atoms with Gasteiger partial charge in [-0.05, 0) is 29.8 Å². The third-order valence-electron chi connectivity index (χ3n) is 3.59. The Morgan fingerprint density at radius 1 is 1.17 bits per heavy atom. The van der Waals surface area contributed by atoms with Crippen LogP contribution in [0.2, 0.25) is 0 Å². The van der Waals surface area contributed by atoms with Gasteiger partial charge in [0.2, 0.25) is 5.43 Å². The lowest BCUT2D eigenvalue weighted by Crippen LogP contribution is -2.27. The van der Waals surface area contributed by atoms with Crippen molar-refractivity contribution in [1.82, 2.24) is 9.78 Å². The average Bonchev–Trinajstić information content (AvgIpc) is 2.58. The number of nitrogens with zero attached hydrogens (tertiary/aromatic N) is 2. The SMILES string of the molecule is COc1ccc(Cn2nc(C(N)=O)c(=O)c3ccccc32)cc1. The molecule has 0 saturated heterocycles. The molecule has 0 bridgehead atoms. The second-order valence-corrected chi connectivity index (χ2v) is 5.06. The van der Waals surface area contributed by atoms with Crippen LogP contribution >= 0.6 is 0 Å². The maximum Gasteiger partial charge on any atom is 0.273 e. The Morgan fingerprint density at radius 3 is 2.52 bits per heavy atom. The number of ether oxygens (including phenoxy) is 1. The van der Waals surface area contributed by atoms with Gasteiger partial charge in [0.05, 0.1) is 19.2 Å². The second-order valence-electron chi connectivity index (χ2n) is 5.06. The summed E-state index contributed by atoms with van der Waals surface area (Å²) < 4.78 is 6.74. The van der Waals surface area contributed by atoms with E-state index < -0.39 is 11.3 Å². The van der Waals surface area contributed by atoms with Crippen LogP contribution in [0.1, 0.15) is 16.1 Å². The lowest BCUT2D eigenvalue weighted by Gasteiger charge is -2.11. The van der Waals surface area contributed by atoms with Crippen molar-refractivity contribution < 1.29 is 9.53 Å². The number of nitrogens with two attached hydrogens (primary N) is 1. The number of methoxy groups -OCH3 is 1. The third-order valence-corrected chi connectivity index (χ3v) is 3.59. The summed E-state index contributed by atoms with van der Waals surface area (Å²) in [5.41, 5.74) is 6.19. The molecule has 0 fully saturated rings. The summed E-state index contributed by atoms with van der Waals surface area (Å²) >= 11 is 0. The first kappa shape index (κ1) is 14.8. The van der Waals surface area contributed by atoms with Crippen LogP contribution < -0.4 is 15.9 Å². The van der Waals surface area contributed by atoms with Crippen LogP contribution in [0.3, 0.4) is 0 Å². The quantitative estimate of drug-likeness (QED) is 0.792. The van der Waals surface area contributed by atoms with Crippen LogP contribution in [-0.4, -0.2) is 22.8 Å². The Balaban J connectivity index is 2.13. The number of carbonyl (C=O) groups excluding carboxylic acids is 1. The van der Waals surface area contributed by atoms with Crippen molar-refractivity contribution in [3.63, 3.8) is 0 Å². The van der Waals surface area contributed by atoms with E-state index in [0.717, 1.165) is 11.3 Å². The monoisotopic (exact) mass is 309 g/mol. The number of carbonyl (C=O) groups is 1. The molecule has 1 aromatic heterocycles. The van der Waals surface area contributed by atoms with Gasteiger partial charge in [-0.2, -0.15) is 5.10 Å². The van der Waals surface area contributed by atoms with E-state index in [-0.39, 0.29) is 5.69 Å². The van der Waals surface area contributed by atoms with Gasteiger partial charge < -0.3 is 10.5 Å². The van der Waals surface area contributed by atoms with Crippen molar-refractivity contribution in [2.24, 2.45) is 5.73 Å². The molecule has 3 rings (SSSR count). The van der Waals surface area contributed by atoms with Crippen LogP contribution in [0.15, 0.2) is 53.3 Å². The van der Waals surface area contributed by atoms with E-state index in [1.807, 2.05) is 30.3 Å². The second kappa shape index (κ2) is 5.92. The molecule has 2 aromatic carbocycles. The molecule has 2 N–H and O–H groups in total. The summed E-state index contributed by atoms with van der Waals surface area (Å²) in [6.45, 7) is 0.408. The Morgan fingerprint density at radius 2 is 1.87 bits per heavy atom. The van der Waals surface area contributed by atoms with Crippen LogP contribution in [0.5, 0.6) is 5.75 Å². The van der Waals surface area contributed by atoms with Gasteiger partial charge in [-0.25, -0.2) is 0 Å². The summed E-state index contributed by atoms with van der Waals surface area (Å²) in [4.78, 5) is 23.7. The molecule has 1 heterocycles. The number of hydrogen-bond acceptors (Lipinski definition) is 4. The number of benzene rings is 2. The topological polar surface area (TPSA) is 87.2 Å². The Labute approximate surface area is 132 Å². The minimum absolute atomic E-state index is 0.253. The van der Waals surface area contributed by atoms with Gasteiger partial charge in [0, 0.05) is 5.39 Å². The molecule has 1 amide bonds. The zero-order valence-electron chi connectivity index (χ0n) is 12.5. The number of hydrogen-bond donors (Lipinski definition) is 1. The predicted molar refractivity (Wildman–Crippen MR) is 86.6 cm³/mol. The molecule has 6 nitrogen and oxygen atoms in total. The smallest absolute Gasteiger partial charge is 0.273 e. The number of rotatable bonds is 4. The number of para-hydroxylation sites is 1. The molecule has 116 valence electrons. The summed E-state index contributed by atoms with van der Waals surface area (Å²) in [5, 5.41) is 4.56. The molecular weight excluding hydrogens is 294 g/mol. The Hall–Kier alpha value is -3.15. The largest absolute Gasteiger partial charge is 0.497 e. The summed E-state index contributed by atoms with van der Waals surface area (Å²) in [6, 6.07) is 14.5. The highest BCUT2D eigenvalue weighted by Gasteiger charge is 2.14. The fourth-order valence-corrected chi connectivity index (χ4v) is 2.42. The molecule has 0 atom stereocenters. The first-order valence-electron chi connectivity index (χ1n) is 7.03. The van der Waals surface area contributed by atoms with Gasteiger partial charge in [-0.1, -0.05) is 24.3 Å². The van der Waals surface area contributed by atoms with Gasteiger partial charge in [-0.15, -0.1) is 0 Å². The molecule has 0 saturated carbocycles. The minimum Gasteiger partial charge on any atom is -0.497 e. The molecule has 6 heteroatoms. The number of amides is 1. The standard InChI is InChI=1S/C17H15N3O3/c1-23-12-8-6-11(7-9-12)10-20-14-5-3-2-4-13(14)16(21)15(19-20)17(18)22/h2-9H,10H2,1H3,(H2,18,22). The lowest BCUT2D eigenvalue weighted by molar-refractivity contribution is 0.0992. The van der Waals surface area contributed by atoms with Crippen LogP contribution in [-0.2, 0) is 6.54 Å². The maximum absolute atomic E-state index is 12.3. The zero-order chi connectivity index (χ0) is 16.4. The first-order valence-corrected chi connectivity index (χ1v) is 7.03. The van der Waals surface area contributed by atoms with E-state index in [1.165, 1.54) is 0 Å². The molecule has 0 unspecified atom stereocenters. The molecule has 0 aliphatic carbocycles. The van der Waals surface area contributed by atoms with Crippen LogP contribution in [0.25, 0.3) is 10.9 Å². The van der Waals surface area contributed by atoms with Crippen molar-refractivity contribution in [2.45, 2.75) is 6.54 Å². The summed E-state index contributed by atoms with van der Waals surface area (Å²) in [7, 11) is 1.60. The Bertz CT molecular complexity index is 930. The first-order chi connectivity index (χ1) is 11.1. The fourth-order valence-electron chi connectivity index (χ4n) is 2.42. The molecule has 0 aliphatic rings. The van der Waals surface area contributed by atoms with Crippen molar-refractivity contribution in [1.29, 1.82) is 0 Å². The lowest BCUT2D eigenvalue weighted by atomic mass is 10.1. The molecule has 0 spiro atoms. The highest BCUT2D eigenvalue weighted by atomic mass is 16.5. The summed E-state index contributed by atoms with van der Waals surface area (Å²) in [6.07, 6.45) is 0. The van der Waals surface area contributed by atoms with E-state index >= 15 is 0 Å². The fraction of sp³-hybridized carbons (Fsp3) is 0.118. The number of primary amides is 1. The van der Waals surface area contributed by atoms with E-state index in [9.17, 15) is 9.59 Å².